The Labute approximate surface area is 108 Å². The second-order valence-electron chi connectivity index (χ2n) is 3.98. The van der Waals surface area contributed by atoms with E-state index >= 15 is 0 Å². The average molecular weight is 265 g/mol. The zero-order valence-corrected chi connectivity index (χ0v) is 10.4. The van der Waals surface area contributed by atoms with E-state index in [1.54, 1.807) is 16.9 Å². The quantitative estimate of drug-likeness (QED) is 0.667. The van der Waals surface area contributed by atoms with Gasteiger partial charge in [-0.05, 0) is 12.1 Å². The minimum atomic E-state index is -0.346. The first kappa shape index (κ1) is 11.2. The Kier molecular flexibility index (Phi) is 2.56. The van der Waals surface area contributed by atoms with Gasteiger partial charge in [-0.3, -0.25) is 9.25 Å². The molecular weight excluding hydrogens is 255 g/mol. The van der Waals surface area contributed by atoms with Gasteiger partial charge in [0.15, 0.2) is 5.82 Å². The van der Waals surface area contributed by atoms with Crippen molar-refractivity contribution in [3.63, 3.8) is 0 Å². The Hall–Kier alpha value is -1.88. The van der Waals surface area contributed by atoms with Gasteiger partial charge in [0, 0.05) is 13.2 Å². The molecule has 4 nitrogen and oxygen atoms in total. The zero-order chi connectivity index (χ0) is 12.7. The number of nitrogens with zero attached hydrogens (tertiary/aromatic N) is 4. The van der Waals surface area contributed by atoms with E-state index in [0.717, 1.165) is 5.69 Å². The van der Waals surface area contributed by atoms with Gasteiger partial charge in [-0.25, -0.2) is 9.37 Å². The maximum absolute atomic E-state index is 13.7. The summed E-state index contributed by atoms with van der Waals surface area (Å²) in [6.45, 7) is 0. The summed E-state index contributed by atoms with van der Waals surface area (Å²) in [5.74, 6) is 0.467. The average Bonchev–Trinajstić information content (AvgIpc) is 2.93. The van der Waals surface area contributed by atoms with Crippen molar-refractivity contribution in [2.24, 2.45) is 7.05 Å². The Morgan fingerprint density at radius 2 is 2.22 bits per heavy atom. The lowest BCUT2D eigenvalue weighted by molar-refractivity contribution is 0.637. The van der Waals surface area contributed by atoms with Gasteiger partial charge < -0.3 is 0 Å². The first-order chi connectivity index (χ1) is 8.70. The minimum Gasteiger partial charge on any atom is -0.292 e. The van der Waals surface area contributed by atoms with E-state index in [9.17, 15) is 4.39 Å². The molecule has 3 aromatic rings. The van der Waals surface area contributed by atoms with Crippen molar-refractivity contribution in [1.82, 2.24) is 19.3 Å². The third-order valence-corrected chi connectivity index (χ3v) is 3.01. The number of para-hydroxylation sites is 1. The van der Waals surface area contributed by atoms with Crippen molar-refractivity contribution in [1.29, 1.82) is 0 Å². The van der Waals surface area contributed by atoms with E-state index in [4.69, 9.17) is 11.6 Å². The molecule has 0 saturated heterocycles. The van der Waals surface area contributed by atoms with E-state index < -0.39 is 0 Å². The lowest BCUT2D eigenvalue weighted by Crippen LogP contribution is -1.97. The number of hydrogen-bond acceptors (Lipinski definition) is 2. The molecule has 0 fully saturated rings. The van der Waals surface area contributed by atoms with E-state index in [2.05, 4.69) is 10.1 Å². The van der Waals surface area contributed by atoms with Gasteiger partial charge >= 0.3 is 0 Å². The molecular formula is C12H10ClFN4. The summed E-state index contributed by atoms with van der Waals surface area (Å²) in [4.78, 5) is 4.24. The third kappa shape index (κ3) is 1.59. The highest BCUT2D eigenvalue weighted by atomic mass is 35.5. The van der Waals surface area contributed by atoms with Crippen molar-refractivity contribution in [2.45, 2.75) is 5.88 Å². The molecule has 0 unspecified atom stereocenters. The molecule has 0 aliphatic carbocycles. The second kappa shape index (κ2) is 4.10. The van der Waals surface area contributed by atoms with Gasteiger partial charge in [-0.15, -0.1) is 11.6 Å². The predicted molar refractivity (Wildman–Crippen MR) is 67.4 cm³/mol. The number of rotatable bonds is 2. The van der Waals surface area contributed by atoms with E-state index in [1.165, 1.54) is 6.07 Å². The number of hydrogen-bond donors (Lipinski definition) is 0. The molecule has 2 heterocycles. The van der Waals surface area contributed by atoms with Gasteiger partial charge in [-0.1, -0.05) is 6.07 Å². The summed E-state index contributed by atoms with van der Waals surface area (Å²) >= 11 is 5.88. The Morgan fingerprint density at radius 1 is 1.39 bits per heavy atom. The molecule has 18 heavy (non-hydrogen) atoms. The smallest absolute Gasteiger partial charge is 0.151 e. The molecule has 0 aliphatic heterocycles. The molecule has 0 saturated carbocycles. The zero-order valence-electron chi connectivity index (χ0n) is 9.64. The first-order valence-corrected chi connectivity index (χ1v) is 5.95. The topological polar surface area (TPSA) is 35.6 Å². The molecule has 1 aromatic carbocycles. The maximum Gasteiger partial charge on any atom is 0.151 e. The van der Waals surface area contributed by atoms with Crippen LogP contribution in [0.5, 0.6) is 0 Å². The fraction of sp³-hybridized carbons (Fsp3) is 0.167. The Balaban J connectivity index is 2.36. The number of aromatic nitrogens is 4. The number of halogens is 2. The molecule has 0 spiro atoms. The van der Waals surface area contributed by atoms with Crippen molar-refractivity contribution in [3.8, 4) is 5.69 Å². The van der Waals surface area contributed by atoms with Crippen LogP contribution in [0.1, 0.15) is 5.82 Å². The van der Waals surface area contributed by atoms with Crippen molar-refractivity contribution < 1.29 is 4.39 Å². The summed E-state index contributed by atoms with van der Waals surface area (Å²) in [6.07, 6.45) is 3.53. The molecule has 2 aromatic heterocycles. The van der Waals surface area contributed by atoms with Crippen LogP contribution in [0.15, 0.2) is 30.6 Å². The molecule has 0 radical (unpaired) electrons. The highest BCUT2D eigenvalue weighted by molar-refractivity contribution is 6.17. The van der Waals surface area contributed by atoms with Gasteiger partial charge in [-0.2, -0.15) is 5.10 Å². The van der Waals surface area contributed by atoms with Crippen molar-refractivity contribution in [3.05, 3.63) is 42.2 Å². The highest BCUT2D eigenvalue weighted by Crippen LogP contribution is 2.24. The maximum atomic E-state index is 13.7. The normalized spacial score (nSPS) is 11.3. The Bertz CT molecular complexity index is 716. The third-order valence-electron chi connectivity index (χ3n) is 2.77. The first-order valence-electron chi connectivity index (χ1n) is 5.41. The molecule has 92 valence electrons. The van der Waals surface area contributed by atoms with Crippen LogP contribution < -0.4 is 0 Å². The van der Waals surface area contributed by atoms with Gasteiger partial charge in [0.2, 0.25) is 0 Å². The van der Waals surface area contributed by atoms with Crippen LogP contribution in [0.4, 0.5) is 4.39 Å². The summed E-state index contributed by atoms with van der Waals surface area (Å²) in [6, 6.07) is 4.86. The highest BCUT2D eigenvalue weighted by Gasteiger charge is 2.15. The number of imidazole rings is 1. The van der Waals surface area contributed by atoms with Crippen LogP contribution in [0, 0.1) is 5.82 Å². The van der Waals surface area contributed by atoms with Gasteiger partial charge in [0.05, 0.1) is 23.3 Å². The molecule has 6 heteroatoms. The number of aryl methyl sites for hydroxylation is 1. The lowest BCUT2D eigenvalue weighted by atomic mass is 10.3. The summed E-state index contributed by atoms with van der Waals surface area (Å²) in [5.41, 5.74) is 1.84. The van der Waals surface area contributed by atoms with Crippen LogP contribution >= 0.6 is 11.6 Å². The van der Waals surface area contributed by atoms with Crippen LogP contribution in [-0.4, -0.2) is 19.3 Å². The molecule has 0 atom stereocenters. The lowest BCUT2D eigenvalue weighted by Gasteiger charge is -2.03. The largest absolute Gasteiger partial charge is 0.292 e. The van der Waals surface area contributed by atoms with Crippen molar-refractivity contribution in [2.75, 3.05) is 0 Å². The molecule has 0 N–H and O–H groups in total. The van der Waals surface area contributed by atoms with E-state index in [-0.39, 0.29) is 11.7 Å². The van der Waals surface area contributed by atoms with Gasteiger partial charge in [0.25, 0.3) is 0 Å². The molecule has 3 rings (SSSR count). The number of alkyl halides is 1. The molecule has 0 aliphatic rings. The fourth-order valence-electron chi connectivity index (χ4n) is 2.01. The molecule has 0 bridgehead atoms. The van der Waals surface area contributed by atoms with Crippen molar-refractivity contribution >= 4 is 22.6 Å². The second-order valence-corrected chi connectivity index (χ2v) is 4.24. The van der Waals surface area contributed by atoms with Crippen LogP contribution in [-0.2, 0) is 12.9 Å². The van der Waals surface area contributed by atoms with Crippen LogP contribution in [0.25, 0.3) is 16.7 Å². The summed E-state index contributed by atoms with van der Waals surface area (Å²) in [5, 5.41) is 4.11. The standard InChI is InChI=1S/C12H10ClFN4/c1-17-7-8(6-15-17)18-10-4-2-3-9(14)12(10)16-11(18)5-13/h2-4,6-7H,5H2,1H3. The summed E-state index contributed by atoms with van der Waals surface area (Å²) < 4.78 is 17.2. The van der Waals surface area contributed by atoms with Crippen LogP contribution in [0.2, 0.25) is 0 Å². The summed E-state index contributed by atoms with van der Waals surface area (Å²) in [7, 11) is 1.82. The SMILES string of the molecule is Cn1cc(-n2c(CCl)nc3c(F)cccc32)cn1. The predicted octanol–water partition coefficient (Wildman–Crippen LogP) is 2.64. The fourth-order valence-corrected chi connectivity index (χ4v) is 2.19. The molecule has 0 amide bonds. The number of fused-ring (bicyclic) bond motifs is 1. The minimum absolute atomic E-state index is 0.211. The van der Waals surface area contributed by atoms with Crippen LogP contribution in [0.3, 0.4) is 0 Å². The van der Waals surface area contributed by atoms with E-state index in [0.29, 0.717) is 16.9 Å². The van der Waals surface area contributed by atoms with Gasteiger partial charge in [0.1, 0.15) is 11.3 Å². The number of benzene rings is 1. The van der Waals surface area contributed by atoms with E-state index in [1.807, 2.05) is 23.9 Å². The Morgan fingerprint density at radius 3 is 2.89 bits per heavy atom. The monoisotopic (exact) mass is 264 g/mol.